The predicted octanol–water partition coefficient (Wildman–Crippen LogP) is 5.32. The van der Waals surface area contributed by atoms with E-state index in [1.165, 1.54) is 10.4 Å². The number of thiophene rings is 1. The second-order valence-electron chi connectivity index (χ2n) is 6.02. The Hall–Kier alpha value is -2.66. The molecule has 4 rings (SSSR count). The van der Waals surface area contributed by atoms with Crippen LogP contribution in [0.4, 0.5) is 11.5 Å². The molecule has 4 nitrogen and oxygen atoms in total. The van der Waals surface area contributed by atoms with Gasteiger partial charge in [0.15, 0.2) is 5.65 Å². The highest BCUT2D eigenvalue weighted by Crippen LogP contribution is 2.28. The van der Waals surface area contributed by atoms with Gasteiger partial charge in [0.2, 0.25) is 0 Å². The van der Waals surface area contributed by atoms with E-state index in [0.717, 1.165) is 22.7 Å². The first-order valence-corrected chi connectivity index (χ1v) is 8.84. The molecule has 0 aliphatic carbocycles. The molecular formula is C19H18N4S. The summed E-state index contributed by atoms with van der Waals surface area (Å²) >= 11 is 1.70. The molecule has 0 aliphatic heterocycles. The molecular weight excluding hydrogens is 316 g/mol. The van der Waals surface area contributed by atoms with Crippen LogP contribution in [-0.4, -0.2) is 14.6 Å². The van der Waals surface area contributed by atoms with Gasteiger partial charge in [0, 0.05) is 16.8 Å². The van der Waals surface area contributed by atoms with Crippen molar-refractivity contribution in [2.24, 2.45) is 0 Å². The van der Waals surface area contributed by atoms with Crippen LogP contribution in [0.2, 0.25) is 0 Å². The highest BCUT2D eigenvalue weighted by Gasteiger charge is 2.10. The van der Waals surface area contributed by atoms with Crippen LogP contribution in [0.3, 0.4) is 0 Å². The van der Waals surface area contributed by atoms with Gasteiger partial charge in [-0.25, -0.2) is 9.50 Å². The molecule has 0 spiro atoms. The maximum Gasteiger partial charge on any atom is 0.165 e. The van der Waals surface area contributed by atoms with E-state index in [9.17, 15) is 0 Å². The van der Waals surface area contributed by atoms with Gasteiger partial charge in [0.05, 0.1) is 11.8 Å². The molecule has 4 aromatic rings. The lowest BCUT2D eigenvalue weighted by Crippen LogP contribution is -1.97. The highest BCUT2D eigenvalue weighted by atomic mass is 32.1. The van der Waals surface area contributed by atoms with E-state index in [-0.39, 0.29) is 0 Å². The van der Waals surface area contributed by atoms with Gasteiger partial charge in [0.1, 0.15) is 5.82 Å². The van der Waals surface area contributed by atoms with Gasteiger partial charge in [-0.2, -0.15) is 5.10 Å². The van der Waals surface area contributed by atoms with Crippen LogP contribution in [0.5, 0.6) is 0 Å². The Morgan fingerprint density at radius 2 is 1.92 bits per heavy atom. The summed E-state index contributed by atoms with van der Waals surface area (Å²) in [4.78, 5) is 5.92. The molecule has 0 unspecified atom stereocenters. The molecule has 0 fully saturated rings. The van der Waals surface area contributed by atoms with Gasteiger partial charge in [-0.1, -0.05) is 32.0 Å². The molecule has 120 valence electrons. The summed E-state index contributed by atoms with van der Waals surface area (Å²) in [5.74, 6) is 1.35. The van der Waals surface area contributed by atoms with Gasteiger partial charge >= 0.3 is 0 Å². The van der Waals surface area contributed by atoms with Gasteiger partial charge in [0.25, 0.3) is 0 Å². The van der Waals surface area contributed by atoms with Crippen LogP contribution in [0.1, 0.15) is 25.3 Å². The average Bonchev–Trinajstić information content (AvgIpc) is 3.24. The highest BCUT2D eigenvalue weighted by molar-refractivity contribution is 7.13. The minimum Gasteiger partial charge on any atom is -0.340 e. The first-order valence-electron chi connectivity index (χ1n) is 7.96. The molecule has 0 saturated heterocycles. The van der Waals surface area contributed by atoms with Crippen molar-refractivity contribution in [1.29, 1.82) is 0 Å². The lowest BCUT2D eigenvalue weighted by Gasteiger charge is -2.09. The molecule has 3 heterocycles. The molecule has 0 radical (unpaired) electrons. The summed E-state index contributed by atoms with van der Waals surface area (Å²) in [6, 6.07) is 14.6. The number of anilines is 2. The lowest BCUT2D eigenvalue weighted by atomic mass is 10.0. The van der Waals surface area contributed by atoms with E-state index in [4.69, 9.17) is 4.98 Å². The Bertz CT molecular complexity index is 953. The van der Waals surface area contributed by atoms with Crippen molar-refractivity contribution in [1.82, 2.24) is 14.6 Å². The fourth-order valence-electron chi connectivity index (χ4n) is 2.64. The first-order chi connectivity index (χ1) is 11.7. The minimum absolute atomic E-state index is 0.536. The number of fused-ring (bicyclic) bond motifs is 1. The van der Waals surface area contributed by atoms with Gasteiger partial charge < -0.3 is 5.32 Å². The maximum atomic E-state index is 4.74. The van der Waals surface area contributed by atoms with Crippen molar-refractivity contribution in [3.63, 3.8) is 0 Å². The molecule has 5 heteroatoms. The van der Waals surface area contributed by atoms with Gasteiger partial charge in [-0.15, -0.1) is 11.3 Å². The van der Waals surface area contributed by atoms with E-state index >= 15 is 0 Å². The lowest BCUT2D eigenvalue weighted by molar-refractivity contribution is 0.867. The predicted molar refractivity (Wildman–Crippen MR) is 100 cm³/mol. The number of nitrogens with one attached hydrogen (secondary N) is 1. The van der Waals surface area contributed by atoms with Crippen LogP contribution in [-0.2, 0) is 0 Å². The van der Waals surface area contributed by atoms with Crippen molar-refractivity contribution in [3.05, 3.63) is 65.8 Å². The zero-order valence-corrected chi connectivity index (χ0v) is 14.4. The smallest absolute Gasteiger partial charge is 0.165 e. The SMILES string of the molecule is CC(C)c1ccc(Nc2ccn3ncc(-c4cccs4)c3n2)cc1. The quantitative estimate of drug-likeness (QED) is 0.549. The van der Waals surface area contributed by atoms with Crippen LogP contribution in [0.15, 0.2) is 60.2 Å². The van der Waals surface area contributed by atoms with Crippen LogP contribution in [0, 0.1) is 0 Å². The monoisotopic (exact) mass is 334 g/mol. The summed E-state index contributed by atoms with van der Waals surface area (Å²) in [6.45, 7) is 4.40. The van der Waals surface area contributed by atoms with Crippen molar-refractivity contribution in [3.8, 4) is 10.4 Å². The number of hydrogen-bond donors (Lipinski definition) is 1. The standard InChI is InChI=1S/C19H18N4S/c1-13(2)14-5-7-15(8-6-14)21-18-9-10-23-19(22-18)16(12-20-23)17-4-3-11-24-17/h3-13H,1-2H3,(H,21,22). The van der Waals surface area contributed by atoms with E-state index < -0.39 is 0 Å². The van der Waals surface area contributed by atoms with Crippen molar-refractivity contribution in [2.75, 3.05) is 5.32 Å². The van der Waals surface area contributed by atoms with Crippen molar-refractivity contribution >= 4 is 28.5 Å². The van der Waals surface area contributed by atoms with Crippen molar-refractivity contribution < 1.29 is 0 Å². The average molecular weight is 334 g/mol. The second-order valence-corrected chi connectivity index (χ2v) is 6.97. The number of hydrogen-bond acceptors (Lipinski definition) is 4. The maximum absolute atomic E-state index is 4.74. The molecule has 24 heavy (non-hydrogen) atoms. The van der Waals surface area contributed by atoms with E-state index in [1.807, 2.05) is 29.0 Å². The number of rotatable bonds is 4. The summed E-state index contributed by atoms with van der Waals surface area (Å²) < 4.78 is 1.81. The zero-order chi connectivity index (χ0) is 16.5. The number of aromatic nitrogens is 3. The molecule has 1 N–H and O–H groups in total. The Labute approximate surface area is 144 Å². The minimum atomic E-state index is 0.536. The molecule has 1 aromatic carbocycles. The summed E-state index contributed by atoms with van der Waals surface area (Å²) in [5.41, 5.74) is 4.29. The third-order valence-corrected chi connectivity index (χ3v) is 4.91. The molecule has 0 amide bonds. The third kappa shape index (κ3) is 2.78. The van der Waals surface area contributed by atoms with Gasteiger partial charge in [-0.3, -0.25) is 0 Å². The molecule has 0 atom stereocenters. The van der Waals surface area contributed by atoms with E-state index in [1.54, 1.807) is 11.3 Å². The topological polar surface area (TPSA) is 42.2 Å². The Morgan fingerprint density at radius 1 is 1.08 bits per heavy atom. The molecule has 0 aliphatic rings. The van der Waals surface area contributed by atoms with E-state index in [2.05, 4.69) is 60.0 Å². The van der Waals surface area contributed by atoms with Crippen LogP contribution in [0.25, 0.3) is 16.1 Å². The van der Waals surface area contributed by atoms with Crippen molar-refractivity contribution in [2.45, 2.75) is 19.8 Å². The summed E-state index contributed by atoms with van der Waals surface area (Å²) in [5, 5.41) is 9.83. The van der Waals surface area contributed by atoms with Crippen LogP contribution >= 0.6 is 11.3 Å². The Balaban J connectivity index is 1.66. The third-order valence-electron chi connectivity index (χ3n) is 4.01. The van der Waals surface area contributed by atoms with E-state index in [0.29, 0.717) is 5.92 Å². The molecule has 0 saturated carbocycles. The largest absolute Gasteiger partial charge is 0.340 e. The molecule has 3 aromatic heterocycles. The first kappa shape index (κ1) is 14.9. The number of benzene rings is 1. The summed E-state index contributed by atoms with van der Waals surface area (Å²) in [6.07, 6.45) is 3.81. The molecule has 0 bridgehead atoms. The normalized spacial score (nSPS) is 11.3. The second kappa shape index (κ2) is 6.09. The zero-order valence-electron chi connectivity index (χ0n) is 13.6. The fourth-order valence-corrected chi connectivity index (χ4v) is 3.38. The fraction of sp³-hybridized carbons (Fsp3) is 0.158. The van der Waals surface area contributed by atoms with Crippen LogP contribution < -0.4 is 5.32 Å². The van der Waals surface area contributed by atoms with Gasteiger partial charge in [-0.05, 0) is 41.1 Å². The Morgan fingerprint density at radius 3 is 2.62 bits per heavy atom. The summed E-state index contributed by atoms with van der Waals surface area (Å²) in [7, 11) is 0. The number of nitrogens with zero attached hydrogens (tertiary/aromatic N) is 3. The Kier molecular flexibility index (Phi) is 3.78.